The van der Waals surface area contributed by atoms with E-state index >= 15 is 0 Å². The molecule has 4 rings (SSSR count). The Bertz CT molecular complexity index is 955. The van der Waals surface area contributed by atoms with Gasteiger partial charge in [-0.1, -0.05) is 36.0 Å². The zero-order chi connectivity index (χ0) is 18.8. The lowest BCUT2D eigenvalue weighted by atomic mass is 10.1. The zero-order valence-corrected chi connectivity index (χ0v) is 15.8. The Balaban J connectivity index is 1.71. The number of rotatable bonds is 6. The van der Waals surface area contributed by atoms with Gasteiger partial charge in [0.25, 0.3) is 5.91 Å². The summed E-state index contributed by atoms with van der Waals surface area (Å²) in [4.78, 5) is 19.4. The van der Waals surface area contributed by atoms with E-state index in [0.29, 0.717) is 5.69 Å². The Labute approximate surface area is 162 Å². The van der Waals surface area contributed by atoms with Gasteiger partial charge < -0.3 is 15.8 Å². The molecule has 1 aromatic heterocycles. The van der Waals surface area contributed by atoms with Crippen molar-refractivity contribution in [3.05, 3.63) is 59.8 Å². The first-order valence-electron chi connectivity index (χ1n) is 9.18. The molecule has 0 radical (unpaired) electrons. The third kappa shape index (κ3) is 3.74. The van der Waals surface area contributed by atoms with E-state index in [9.17, 15) is 9.90 Å². The van der Waals surface area contributed by atoms with Crippen molar-refractivity contribution in [3.63, 3.8) is 0 Å². The largest absolute Gasteiger partial charge is 0.395 e. The second-order valence-corrected chi connectivity index (χ2v) is 8.02. The molecule has 1 amide bonds. The van der Waals surface area contributed by atoms with Crippen LogP contribution in [0.2, 0.25) is 0 Å². The molecule has 0 spiro atoms. The van der Waals surface area contributed by atoms with Crippen LogP contribution in [0.5, 0.6) is 0 Å². The Morgan fingerprint density at radius 1 is 1.26 bits per heavy atom. The average Bonchev–Trinajstić information content (AvgIpc) is 3.27. The number of carbonyl (C=O) groups excluding carboxylic acids is 1. The molecule has 1 saturated heterocycles. The van der Waals surface area contributed by atoms with Crippen molar-refractivity contribution < 1.29 is 9.90 Å². The molecule has 3 aromatic rings. The summed E-state index contributed by atoms with van der Waals surface area (Å²) in [7, 11) is 0. The van der Waals surface area contributed by atoms with Gasteiger partial charge in [-0.2, -0.15) is 0 Å². The smallest absolute Gasteiger partial charge is 0.266 e. The van der Waals surface area contributed by atoms with Gasteiger partial charge in [-0.25, -0.2) is 0 Å². The number of nitrogens with one attached hydrogen (secondary N) is 1. The maximum absolute atomic E-state index is 12.0. The first kappa shape index (κ1) is 18.1. The molecule has 0 bridgehead atoms. The number of H-pyrrole nitrogens is 1. The second-order valence-electron chi connectivity index (χ2n) is 6.94. The number of fused-ring (bicyclic) bond motifs is 1. The number of aromatic nitrogens is 1. The number of benzene rings is 2. The summed E-state index contributed by atoms with van der Waals surface area (Å²) in [5, 5.41) is 10.6. The van der Waals surface area contributed by atoms with Gasteiger partial charge in [-0.3, -0.25) is 9.69 Å². The van der Waals surface area contributed by atoms with Gasteiger partial charge in [0.15, 0.2) is 0 Å². The number of aromatic amines is 1. The number of hydrogen-bond acceptors (Lipinski definition) is 4. The lowest BCUT2D eigenvalue weighted by Crippen LogP contribution is -2.31. The van der Waals surface area contributed by atoms with Gasteiger partial charge in [0.2, 0.25) is 0 Å². The minimum atomic E-state index is -0.453. The van der Waals surface area contributed by atoms with Crippen molar-refractivity contribution in [2.45, 2.75) is 35.2 Å². The molecule has 5 nitrogen and oxygen atoms in total. The maximum Gasteiger partial charge on any atom is 0.266 e. The number of nitrogens with two attached hydrogens (primary N) is 1. The fourth-order valence-electron chi connectivity index (χ4n) is 3.74. The molecule has 140 valence electrons. The summed E-state index contributed by atoms with van der Waals surface area (Å²) in [6.45, 7) is 2.01. The first-order valence-corrected chi connectivity index (χ1v) is 9.99. The summed E-state index contributed by atoms with van der Waals surface area (Å²) in [5.74, 6) is -0.453. The highest BCUT2D eigenvalue weighted by Gasteiger charge is 2.24. The van der Waals surface area contributed by atoms with Gasteiger partial charge in [-0.05, 0) is 49.2 Å². The molecule has 27 heavy (non-hydrogen) atoms. The highest BCUT2D eigenvalue weighted by atomic mass is 32.2. The van der Waals surface area contributed by atoms with Crippen molar-refractivity contribution >= 4 is 28.6 Å². The van der Waals surface area contributed by atoms with Crippen LogP contribution in [0.3, 0.4) is 0 Å². The number of nitrogens with zero attached hydrogens (tertiary/aromatic N) is 1. The Hall–Kier alpha value is -2.28. The van der Waals surface area contributed by atoms with Crippen LogP contribution in [-0.2, 0) is 6.54 Å². The van der Waals surface area contributed by atoms with Gasteiger partial charge in [-0.15, -0.1) is 0 Å². The summed E-state index contributed by atoms with van der Waals surface area (Å²) in [6, 6.07) is 16.4. The van der Waals surface area contributed by atoms with E-state index in [2.05, 4.69) is 22.0 Å². The van der Waals surface area contributed by atoms with Crippen LogP contribution in [0.15, 0.2) is 58.3 Å². The van der Waals surface area contributed by atoms with Crippen molar-refractivity contribution in [2.75, 3.05) is 13.2 Å². The van der Waals surface area contributed by atoms with Crippen molar-refractivity contribution in [1.29, 1.82) is 0 Å². The van der Waals surface area contributed by atoms with Crippen LogP contribution < -0.4 is 5.73 Å². The van der Waals surface area contributed by atoms with Crippen LogP contribution >= 0.6 is 11.8 Å². The molecular formula is C21H23N3O2S. The number of carbonyl (C=O) groups is 1. The van der Waals surface area contributed by atoms with Crippen LogP contribution in [0.1, 0.15) is 28.9 Å². The van der Waals surface area contributed by atoms with Gasteiger partial charge in [0.05, 0.1) is 11.5 Å². The number of amides is 1. The molecule has 1 fully saturated rings. The predicted molar refractivity (Wildman–Crippen MR) is 108 cm³/mol. The standard InChI is InChI=1S/C21H23N3O2S/c22-21(26)19-20(27-16-6-2-1-3-7-16)17-11-14(8-9-18(17)23-19)12-24-10-4-5-15(24)13-25/h1-3,6-9,11,15,23,25H,4-5,10,12-13H2,(H2,22,26). The molecule has 1 aliphatic heterocycles. The zero-order valence-electron chi connectivity index (χ0n) is 15.0. The fraction of sp³-hybridized carbons (Fsp3) is 0.286. The van der Waals surface area contributed by atoms with E-state index in [0.717, 1.165) is 46.6 Å². The lowest BCUT2D eigenvalue weighted by molar-refractivity contribution is 0.0993. The van der Waals surface area contributed by atoms with Gasteiger partial charge in [0, 0.05) is 28.4 Å². The number of primary amides is 1. The third-order valence-electron chi connectivity index (χ3n) is 5.12. The predicted octanol–water partition coefficient (Wildman–Crippen LogP) is 3.37. The SMILES string of the molecule is NC(=O)c1[nH]c2ccc(CN3CCCC3CO)cc2c1Sc1ccccc1. The number of likely N-dealkylation sites (tertiary alicyclic amines) is 1. The van der Waals surface area contributed by atoms with Crippen LogP contribution in [0.25, 0.3) is 10.9 Å². The molecule has 1 aliphatic rings. The van der Waals surface area contributed by atoms with Crippen LogP contribution in [-0.4, -0.2) is 40.1 Å². The Morgan fingerprint density at radius 3 is 2.81 bits per heavy atom. The van der Waals surface area contributed by atoms with E-state index in [4.69, 9.17) is 5.73 Å². The van der Waals surface area contributed by atoms with Crippen molar-refractivity contribution in [1.82, 2.24) is 9.88 Å². The fourth-order valence-corrected chi connectivity index (χ4v) is 4.80. The molecule has 0 aliphatic carbocycles. The first-order chi connectivity index (χ1) is 13.2. The average molecular weight is 382 g/mol. The Kier molecular flexibility index (Phi) is 5.20. The van der Waals surface area contributed by atoms with Gasteiger partial charge in [0.1, 0.15) is 5.69 Å². The summed E-state index contributed by atoms with van der Waals surface area (Å²) >= 11 is 1.55. The normalized spacial score (nSPS) is 17.6. The molecule has 2 aromatic carbocycles. The highest BCUT2D eigenvalue weighted by molar-refractivity contribution is 7.99. The number of aliphatic hydroxyl groups excluding tert-OH is 1. The van der Waals surface area contributed by atoms with Crippen molar-refractivity contribution in [3.8, 4) is 0 Å². The maximum atomic E-state index is 12.0. The Morgan fingerprint density at radius 2 is 2.07 bits per heavy atom. The third-order valence-corrected chi connectivity index (χ3v) is 6.26. The summed E-state index contributed by atoms with van der Waals surface area (Å²) in [6.07, 6.45) is 2.17. The molecular weight excluding hydrogens is 358 g/mol. The molecule has 4 N–H and O–H groups in total. The van der Waals surface area contributed by atoms with Gasteiger partial charge >= 0.3 is 0 Å². The molecule has 0 saturated carbocycles. The number of hydrogen-bond donors (Lipinski definition) is 3. The van der Waals surface area contributed by atoms with E-state index < -0.39 is 5.91 Å². The highest BCUT2D eigenvalue weighted by Crippen LogP contribution is 2.37. The van der Waals surface area contributed by atoms with Crippen molar-refractivity contribution in [2.24, 2.45) is 5.73 Å². The second kappa shape index (κ2) is 7.76. The topological polar surface area (TPSA) is 82.4 Å². The van der Waals surface area contributed by atoms with Crippen LogP contribution in [0, 0.1) is 0 Å². The van der Waals surface area contributed by atoms with E-state index in [-0.39, 0.29) is 12.6 Å². The molecule has 1 unspecified atom stereocenters. The molecule has 2 heterocycles. The minimum Gasteiger partial charge on any atom is -0.395 e. The summed E-state index contributed by atoms with van der Waals surface area (Å²) in [5.41, 5.74) is 8.15. The quantitative estimate of drug-likeness (QED) is 0.611. The lowest BCUT2D eigenvalue weighted by Gasteiger charge is -2.22. The van der Waals surface area contributed by atoms with Crippen LogP contribution in [0.4, 0.5) is 0 Å². The molecule has 6 heteroatoms. The van der Waals surface area contributed by atoms with E-state index in [1.165, 1.54) is 5.56 Å². The molecule has 1 atom stereocenters. The minimum absolute atomic E-state index is 0.202. The van der Waals surface area contributed by atoms with E-state index in [1.807, 2.05) is 36.4 Å². The number of aliphatic hydroxyl groups is 1. The van der Waals surface area contributed by atoms with E-state index in [1.54, 1.807) is 11.8 Å². The monoisotopic (exact) mass is 381 g/mol. The summed E-state index contributed by atoms with van der Waals surface area (Å²) < 4.78 is 0.